The number of nitro groups is 1. The van der Waals surface area contributed by atoms with E-state index < -0.39 is 22.7 Å². The first-order valence-electron chi connectivity index (χ1n) is 7.51. The van der Waals surface area contributed by atoms with Gasteiger partial charge in [0.25, 0.3) is 6.17 Å². The topological polar surface area (TPSA) is 89.8 Å². The van der Waals surface area contributed by atoms with E-state index in [1.807, 2.05) is 0 Å². The second-order valence-corrected chi connectivity index (χ2v) is 6.19. The fourth-order valence-electron chi connectivity index (χ4n) is 2.65. The van der Waals surface area contributed by atoms with Gasteiger partial charge in [-0.05, 0) is 32.4 Å². The predicted molar refractivity (Wildman–Crippen MR) is 82.3 cm³/mol. The smallest absolute Gasteiger partial charge is 0.338 e. The largest absolute Gasteiger partial charge is 0.456 e. The monoisotopic (exact) mass is 320 g/mol. The van der Waals surface area contributed by atoms with Crippen molar-refractivity contribution in [2.75, 3.05) is 6.54 Å². The quantitative estimate of drug-likeness (QED) is 0.471. The molecule has 124 valence electrons. The lowest BCUT2D eigenvalue weighted by Gasteiger charge is -2.27. The summed E-state index contributed by atoms with van der Waals surface area (Å²) in [7, 11) is 0. The van der Waals surface area contributed by atoms with Crippen LogP contribution in [0.1, 0.15) is 43.5 Å². The minimum Gasteiger partial charge on any atom is -0.456 e. The van der Waals surface area contributed by atoms with E-state index >= 15 is 0 Å². The Morgan fingerprint density at radius 1 is 1.35 bits per heavy atom. The molecule has 0 aliphatic carbocycles. The zero-order valence-corrected chi connectivity index (χ0v) is 13.2. The van der Waals surface area contributed by atoms with Crippen LogP contribution in [0.25, 0.3) is 0 Å². The van der Waals surface area contributed by atoms with E-state index in [2.05, 4.69) is 0 Å². The number of hydrogen-bond donors (Lipinski definition) is 0. The van der Waals surface area contributed by atoms with Crippen molar-refractivity contribution in [3.05, 3.63) is 46.0 Å². The molecule has 2 rings (SSSR count). The van der Waals surface area contributed by atoms with E-state index in [0.29, 0.717) is 24.9 Å². The lowest BCUT2D eigenvalue weighted by atomic mass is 10.0. The molecule has 0 radical (unpaired) electrons. The molecule has 0 spiro atoms. The number of nitrogens with zero attached hydrogens (tertiary/aromatic N) is 2. The van der Waals surface area contributed by atoms with E-state index in [4.69, 9.17) is 4.74 Å². The van der Waals surface area contributed by atoms with Crippen molar-refractivity contribution in [2.24, 2.45) is 0 Å². The molecule has 1 aromatic rings. The number of likely N-dealkylation sites (tertiary alicyclic amines) is 1. The number of carbonyl (C=O) groups excluding carboxylic acids is 2. The number of carbonyl (C=O) groups is 2. The highest BCUT2D eigenvalue weighted by atomic mass is 16.6. The average Bonchev–Trinajstić information content (AvgIpc) is 2.97. The summed E-state index contributed by atoms with van der Waals surface area (Å²) in [6.07, 6.45) is -0.0799. The van der Waals surface area contributed by atoms with Gasteiger partial charge in [0.2, 0.25) is 5.91 Å². The summed E-state index contributed by atoms with van der Waals surface area (Å²) in [5, 5.41) is 11.0. The van der Waals surface area contributed by atoms with Crippen molar-refractivity contribution in [1.82, 2.24) is 4.90 Å². The molecule has 1 fully saturated rings. The van der Waals surface area contributed by atoms with Gasteiger partial charge in [-0.15, -0.1) is 0 Å². The van der Waals surface area contributed by atoms with Crippen molar-refractivity contribution >= 4 is 11.9 Å². The highest BCUT2D eigenvalue weighted by molar-refractivity contribution is 5.90. The molecule has 1 aromatic carbocycles. The van der Waals surface area contributed by atoms with E-state index in [-0.39, 0.29) is 12.3 Å². The maximum atomic E-state index is 12.3. The molecule has 0 N–H and O–H groups in total. The minimum atomic E-state index is -1.03. The van der Waals surface area contributed by atoms with Gasteiger partial charge >= 0.3 is 5.97 Å². The summed E-state index contributed by atoms with van der Waals surface area (Å²) in [4.78, 5) is 36.2. The molecule has 1 aliphatic heterocycles. The van der Waals surface area contributed by atoms with Crippen LogP contribution in [0.2, 0.25) is 0 Å². The third-order valence-electron chi connectivity index (χ3n) is 3.74. The van der Waals surface area contributed by atoms with Gasteiger partial charge in [0.05, 0.1) is 12.0 Å². The molecular formula is C16H20N2O5. The molecule has 1 unspecified atom stereocenters. The lowest BCUT2D eigenvalue weighted by Crippen LogP contribution is -2.44. The fraction of sp³-hybridized carbons (Fsp3) is 0.500. The van der Waals surface area contributed by atoms with Gasteiger partial charge in [-0.25, -0.2) is 4.79 Å². The van der Waals surface area contributed by atoms with Gasteiger partial charge < -0.3 is 4.74 Å². The Hall–Kier alpha value is -2.44. The molecular weight excluding hydrogens is 300 g/mol. The third kappa shape index (κ3) is 4.28. The van der Waals surface area contributed by atoms with Gasteiger partial charge in [0.15, 0.2) is 0 Å². The fourth-order valence-corrected chi connectivity index (χ4v) is 2.65. The molecule has 1 amide bonds. The summed E-state index contributed by atoms with van der Waals surface area (Å²) in [6, 6.07) is 8.49. The summed E-state index contributed by atoms with van der Waals surface area (Å²) in [5.74, 6) is -0.884. The molecule has 0 bridgehead atoms. The minimum absolute atomic E-state index is 0.0874. The Kier molecular flexibility index (Phi) is 4.98. The summed E-state index contributed by atoms with van der Waals surface area (Å²) >= 11 is 0. The van der Waals surface area contributed by atoms with E-state index in [9.17, 15) is 19.7 Å². The Bertz CT molecular complexity index is 600. The zero-order valence-electron chi connectivity index (χ0n) is 13.2. The number of hydrogen-bond acceptors (Lipinski definition) is 5. The van der Waals surface area contributed by atoms with E-state index in [1.165, 1.54) is 4.90 Å². The maximum absolute atomic E-state index is 12.3. The van der Waals surface area contributed by atoms with Crippen LogP contribution in [-0.4, -0.2) is 40.0 Å². The standard InChI is InChI=1S/C16H20N2O5/c1-16(2,23-15(20)12-7-4-3-5-8-12)11-14(19)17-10-6-9-13(17)18(21)22/h3-5,7-8,13H,6,9-11H2,1-2H3. The number of esters is 1. The van der Waals surface area contributed by atoms with Crippen molar-refractivity contribution in [3.8, 4) is 0 Å². The van der Waals surface area contributed by atoms with Gasteiger partial charge in [-0.1, -0.05) is 18.2 Å². The van der Waals surface area contributed by atoms with Gasteiger partial charge in [0, 0.05) is 17.9 Å². The first-order valence-corrected chi connectivity index (χ1v) is 7.51. The molecule has 0 aromatic heterocycles. The van der Waals surface area contributed by atoms with Crippen LogP contribution in [0.15, 0.2) is 30.3 Å². The van der Waals surface area contributed by atoms with Gasteiger partial charge in [-0.3, -0.25) is 19.8 Å². The van der Waals surface area contributed by atoms with Crippen molar-refractivity contribution in [3.63, 3.8) is 0 Å². The SMILES string of the molecule is CC(C)(CC(=O)N1CCCC1[N+](=O)[O-])OC(=O)c1ccccc1. The van der Waals surface area contributed by atoms with E-state index in [1.54, 1.807) is 44.2 Å². The Balaban J connectivity index is 1.99. The van der Waals surface area contributed by atoms with Gasteiger partial charge in [0.1, 0.15) is 5.60 Å². The first-order chi connectivity index (χ1) is 10.8. The number of benzene rings is 1. The molecule has 1 saturated heterocycles. The van der Waals surface area contributed by atoms with Crippen molar-refractivity contribution in [1.29, 1.82) is 0 Å². The van der Waals surface area contributed by atoms with Gasteiger partial charge in [-0.2, -0.15) is 0 Å². The molecule has 0 saturated carbocycles. The Labute approximate surface area is 134 Å². The Morgan fingerprint density at radius 3 is 2.61 bits per heavy atom. The highest BCUT2D eigenvalue weighted by Crippen LogP contribution is 2.23. The number of amides is 1. The van der Waals surface area contributed by atoms with Crippen LogP contribution in [0.5, 0.6) is 0 Å². The molecule has 1 aliphatic rings. The van der Waals surface area contributed by atoms with Crippen LogP contribution in [0, 0.1) is 10.1 Å². The molecule has 1 atom stereocenters. The highest BCUT2D eigenvalue weighted by Gasteiger charge is 2.39. The number of rotatable bonds is 5. The first kappa shape index (κ1) is 16.9. The number of ether oxygens (including phenoxy) is 1. The second kappa shape index (κ2) is 6.76. The van der Waals surface area contributed by atoms with Crippen LogP contribution >= 0.6 is 0 Å². The second-order valence-electron chi connectivity index (χ2n) is 6.19. The summed E-state index contributed by atoms with van der Waals surface area (Å²) in [5.41, 5.74) is -0.634. The van der Waals surface area contributed by atoms with Crippen LogP contribution in [0.3, 0.4) is 0 Å². The zero-order chi connectivity index (χ0) is 17.0. The summed E-state index contributed by atoms with van der Waals surface area (Å²) < 4.78 is 5.39. The van der Waals surface area contributed by atoms with Crippen molar-refractivity contribution in [2.45, 2.75) is 44.9 Å². The van der Waals surface area contributed by atoms with E-state index in [0.717, 1.165) is 0 Å². The predicted octanol–water partition coefficient (Wildman–Crippen LogP) is 2.24. The maximum Gasteiger partial charge on any atom is 0.338 e. The normalized spacial score (nSPS) is 17.8. The summed E-state index contributed by atoms with van der Waals surface area (Å²) in [6.45, 7) is 3.62. The molecule has 7 nitrogen and oxygen atoms in total. The van der Waals surface area contributed by atoms with Crippen LogP contribution in [-0.2, 0) is 9.53 Å². The van der Waals surface area contributed by atoms with Crippen LogP contribution < -0.4 is 0 Å². The van der Waals surface area contributed by atoms with Crippen molar-refractivity contribution < 1.29 is 19.2 Å². The third-order valence-corrected chi connectivity index (χ3v) is 3.74. The lowest BCUT2D eigenvalue weighted by molar-refractivity contribution is -0.541. The average molecular weight is 320 g/mol. The Morgan fingerprint density at radius 2 is 2.00 bits per heavy atom. The molecule has 1 heterocycles. The molecule has 7 heteroatoms. The van der Waals surface area contributed by atoms with Crippen LogP contribution in [0.4, 0.5) is 0 Å². The molecule has 23 heavy (non-hydrogen) atoms.